The van der Waals surface area contributed by atoms with Crippen LogP contribution in [0.5, 0.6) is 5.75 Å². The van der Waals surface area contributed by atoms with E-state index in [0.717, 1.165) is 11.1 Å². The molecule has 0 unspecified atom stereocenters. The summed E-state index contributed by atoms with van der Waals surface area (Å²) in [5.41, 5.74) is 3.19. The van der Waals surface area contributed by atoms with Crippen LogP contribution in [0.3, 0.4) is 0 Å². The summed E-state index contributed by atoms with van der Waals surface area (Å²) in [6.07, 6.45) is 0. The van der Waals surface area contributed by atoms with Gasteiger partial charge in [0, 0.05) is 27.9 Å². The number of hydrogen-bond acceptors (Lipinski definition) is 2. The van der Waals surface area contributed by atoms with Crippen molar-refractivity contribution in [2.75, 3.05) is 5.32 Å². The van der Waals surface area contributed by atoms with E-state index in [1.807, 2.05) is 73.7 Å². The fourth-order valence-corrected chi connectivity index (χ4v) is 2.66. The van der Waals surface area contributed by atoms with Gasteiger partial charge < -0.3 is 10.1 Å². The number of carbonyl (C=O) groups is 1. The Morgan fingerprint density at radius 1 is 1.00 bits per heavy atom. The van der Waals surface area contributed by atoms with E-state index in [-0.39, 0.29) is 5.91 Å². The summed E-state index contributed by atoms with van der Waals surface area (Å²) < 4.78 is 5.79. The molecule has 0 bridgehead atoms. The summed E-state index contributed by atoms with van der Waals surface area (Å²) in [6, 6.07) is 22.4. The molecule has 4 heteroatoms. The molecule has 0 aromatic heterocycles. The van der Waals surface area contributed by atoms with E-state index in [2.05, 4.69) is 5.32 Å². The number of aryl methyl sites for hydroxylation is 1. The van der Waals surface area contributed by atoms with Crippen molar-refractivity contribution in [2.24, 2.45) is 0 Å². The van der Waals surface area contributed by atoms with Crippen molar-refractivity contribution >= 4 is 23.2 Å². The lowest BCUT2D eigenvalue weighted by Gasteiger charge is -2.11. The van der Waals surface area contributed by atoms with Gasteiger partial charge in [-0.1, -0.05) is 54.1 Å². The maximum Gasteiger partial charge on any atom is 0.255 e. The van der Waals surface area contributed by atoms with Crippen LogP contribution in [0.2, 0.25) is 5.02 Å². The average Bonchev–Trinajstić information content (AvgIpc) is 2.62. The summed E-state index contributed by atoms with van der Waals surface area (Å²) in [5.74, 6) is 0.531. The van der Waals surface area contributed by atoms with E-state index in [4.69, 9.17) is 16.3 Å². The second kappa shape index (κ2) is 7.86. The first kappa shape index (κ1) is 17.1. The monoisotopic (exact) mass is 351 g/mol. The number of ether oxygens (including phenoxy) is 1. The van der Waals surface area contributed by atoms with Crippen molar-refractivity contribution in [1.29, 1.82) is 0 Å². The molecule has 0 atom stereocenters. The molecule has 0 fully saturated rings. The van der Waals surface area contributed by atoms with Gasteiger partial charge in [-0.15, -0.1) is 0 Å². The molecule has 3 aromatic carbocycles. The molecular formula is C21H18ClNO2. The van der Waals surface area contributed by atoms with E-state index in [0.29, 0.717) is 28.6 Å². The Hall–Kier alpha value is -2.78. The molecule has 1 N–H and O–H groups in total. The van der Waals surface area contributed by atoms with Crippen LogP contribution in [0.25, 0.3) is 0 Å². The second-order valence-electron chi connectivity index (χ2n) is 5.68. The lowest BCUT2D eigenvalue weighted by molar-refractivity contribution is 0.102. The summed E-state index contributed by atoms with van der Waals surface area (Å²) in [7, 11) is 0. The van der Waals surface area contributed by atoms with Crippen molar-refractivity contribution < 1.29 is 9.53 Å². The predicted octanol–water partition coefficient (Wildman–Crippen LogP) is 5.48. The number of anilines is 1. The Labute approximate surface area is 152 Å². The van der Waals surface area contributed by atoms with Crippen molar-refractivity contribution in [3.05, 3.63) is 94.5 Å². The van der Waals surface area contributed by atoms with Crippen molar-refractivity contribution in [3.63, 3.8) is 0 Å². The Morgan fingerprint density at radius 2 is 1.76 bits per heavy atom. The minimum Gasteiger partial charge on any atom is -0.489 e. The molecule has 3 rings (SSSR count). The van der Waals surface area contributed by atoms with E-state index in [9.17, 15) is 4.79 Å². The molecule has 126 valence electrons. The van der Waals surface area contributed by atoms with Gasteiger partial charge in [0.2, 0.25) is 0 Å². The topological polar surface area (TPSA) is 38.3 Å². The van der Waals surface area contributed by atoms with Gasteiger partial charge in [0.25, 0.3) is 5.91 Å². The van der Waals surface area contributed by atoms with Crippen LogP contribution in [-0.2, 0) is 6.61 Å². The lowest BCUT2D eigenvalue weighted by atomic mass is 10.1. The first-order chi connectivity index (χ1) is 12.1. The molecule has 0 heterocycles. The standard InChI is InChI=1S/C21H18ClNO2/c1-15-7-2-4-11-19(15)21(24)23-17-9-6-10-18(13-17)25-14-16-8-3-5-12-20(16)22/h2-13H,14H2,1H3,(H,23,24). The van der Waals surface area contributed by atoms with Crippen LogP contribution >= 0.6 is 11.6 Å². The van der Waals surface area contributed by atoms with Gasteiger partial charge in [-0.2, -0.15) is 0 Å². The van der Waals surface area contributed by atoms with E-state index in [1.165, 1.54) is 0 Å². The average molecular weight is 352 g/mol. The van der Waals surface area contributed by atoms with Gasteiger partial charge in [-0.05, 0) is 36.8 Å². The number of hydrogen-bond donors (Lipinski definition) is 1. The van der Waals surface area contributed by atoms with Gasteiger partial charge in [-0.25, -0.2) is 0 Å². The summed E-state index contributed by atoms with van der Waals surface area (Å²) in [5, 5.41) is 3.58. The fourth-order valence-electron chi connectivity index (χ4n) is 2.47. The minimum atomic E-state index is -0.138. The molecular weight excluding hydrogens is 334 g/mol. The zero-order valence-electron chi connectivity index (χ0n) is 13.8. The highest BCUT2D eigenvalue weighted by molar-refractivity contribution is 6.31. The number of halogens is 1. The molecule has 3 nitrogen and oxygen atoms in total. The maximum atomic E-state index is 12.4. The first-order valence-corrected chi connectivity index (χ1v) is 8.34. The minimum absolute atomic E-state index is 0.138. The SMILES string of the molecule is Cc1ccccc1C(=O)Nc1cccc(OCc2ccccc2Cl)c1. The third-order valence-electron chi connectivity index (χ3n) is 3.83. The third-order valence-corrected chi connectivity index (χ3v) is 4.20. The van der Waals surface area contributed by atoms with Gasteiger partial charge in [-0.3, -0.25) is 4.79 Å². The van der Waals surface area contributed by atoms with Crippen molar-refractivity contribution in [1.82, 2.24) is 0 Å². The quantitative estimate of drug-likeness (QED) is 0.661. The van der Waals surface area contributed by atoms with Crippen molar-refractivity contribution in [3.8, 4) is 5.75 Å². The van der Waals surface area contributed by atoms with Gasteiger partial charge >= 0.3 is 0 Å². The van der Waals surface area contributed by atoms with Gasteiger partial charge in [0.15, 0.2) is 0 Å². The number of amides is 1. The highest BCUT2D eigenvalue weighted by atomic mass is 35.5. The summed E-state index contributed by atoms with van der Waals surface area (Å²) in [4.78, 5) is 12.4. The van der Waals surface area contributed by atoms with Crippen LogP contribution in [0, 0.1) is 6.92 Å². The molecule has 0 saturated carbocycles. The van der Waals surface area contributed by atoms with E-state index in [1.54, 1.807) is 6.07 Å². The number of nitrogens with one attached hydrogen (secondary N) is 1. The summed E-state index contributed by atoms with van der Waals surface area (Å²) >= 11 is 6.14. The summed E-state index contributed by atoms with van der Waals surface area (Å²) in [6.45, 7) is 2.28. The highest BCUT2D eigenvalue weighted by Gasteiger charge is 2.09. The Kier molecular flexibility index (Phi) is 5.36. The third kappa shape index (κ3) is 4.40. The fraction of sp³-hybridized carbons (Fsp3) is 0.0952. The van der Waals surface area contributed by atoms with Gasteiger partial charge in [0.05, 0.1) is 0 Å². The molecule has 1 amide bonds. The zero-order chi connectivity index (χ0) is 17.6. The molecule has 0 aliphatic rings. The molecule has 3 aromatic rings. The van der Waals surface area contributed by atoms with Crippen LogP contribution < -0.4 is 10.1 Å². The second-order valence-corrected chi connectivity index (χ2v) is 6.08. The zero-order valence-corrected chi connectivity index (χ0v) is 14.6. The molecule has 0 aliphatic carbocycles. The molecule has 0 radical (unpaired) electrons. The van der Waals surface area contributed by atoms with Crippen LogP contribution in [0.15, 0.2) is 72.8 Å². The number of benzene rings is 3. The normalized spacial score (nSPS) is 10.3. The smallest absolute Gasteiger partial charge is 0.255 e. The Balaban J connectivity index is 1.68. The lowest BCUT2D eigenvalue weighted by Crippen LogP contribution is -2.13. The largest absolute Gasteiger partial charge is 0.489 e. The van der Waals surface area contributed by atoms with Crippen LogP contribution in [-0.4, -0.2) is 5.91 Å². The number of rotatable bonds is 5. The van der Waals surface area contributed by atoms with Gasteiger partial charge in [0.1, 0.15) is 12.4 Å². The molecule has 0 aliphatic heterocycles. The predicted molar refractivity (Wildman–Crippen MR) is 101 cm³/mol. The Morgan fingerprint density at radius 3 is 2.56 bits per heavy atom. The highest BCUT2D eigenvalue weighted by Crippen LogP contribution is 2.22. The molecule has 25 heavy (non-hydrogen) atoms. The maximum absolute atomic E-state index is 12.4. The van der Waals surface area contributed by atoms with Crippen molar-refractivity contribution in [2.45, 2.75) is 13.5 Å². The number of carbonyl (C=O) groups excluding carboxylic acids is 1. The Bertz CT molecular complexity index is 892. The molecule has 0 saturated heterocycles. The van der Waals surface area contributed by atoms with Crippen LogP contribution in [0.4, 0.5) is 5.69 Å². The first-order valence-electron chi connectivity index (χ1n) is 7.97. The van der Waals surface area contributed by atoms with E-state index >= 15 is 0 Å². The van der Waals surface area contributed by atoms with Crippen LogP contribution in [0.1, 0.15) is 21.5 Å². The molecule has 0 spiro atoms. The van der Waals surface area contributed by atoms with E-state index < -0.39 is 0 Å².